The highest BCUT2D eigenvalue weighted by molar-refractivity contribution is 5.30. The maximum absolute atomic E-state index is 13.3. The summed E-state index contributed by atoms with van der Waals surface area (Å²) in [5.74, 6) is -0.0778. The first-order valence-corrected chi connectivity index (χ1v) is 5.52. The van der Waals surface area contributed by atoms with Crippen LogP contribution in [0.5, 0.6) is 0 Å². The van der Waals surface area contributed by atoms with Crippen LogP contribution >= 0.6 is 0 Å². The van der Waals surface area contributed by atoms with Gasteiger partial charge in [-0.1, -0.05) is 12.1 Å². The van der Waals surface area contributed by atoms with Crippen molar-refractivity contribution in [2.24, 2.45) is 5.73 Å². The summed E-state index contributed by atoms with van der Waals surface area (Å²) >= 11 is 0. The summed E-state index contributed by atoms with van der Waals surface area (Å²) in [4.78, 5) is 0. The summed E-state index contributed by atoms with van der Waals surface area (Å²) in [6, 6.07) is 4.13. The number of nitrogens with two attached hydrogens (primary N) is 1. The van der Waals surface area contributed by atoms with Gasteiger partial charge in [-0.15, -0.1) is 0 Å². The van der Waals surface area contributed by atoms with E-state index in [-0.39, 0.29) is 11.9 Å². The highest BCUT2D eigenvalue weighted by Crippen LogP contribution is 2.16. The third-order valence-corrected chi connectivity index (χ3v) is 2.62. The molecule has 2 heteroatoms. The molecule has 1 aromatic carbocycles. The van der Waals surface area contributed by atoms with Crippen LogP contribution in [0.4, 0.5) is 4.39 Å². The van der Waals surface area contributed by atoms with Gasteiger partial charge in [-0.3, -0.25) is 0 Å². The fraction of sp³-hybridized carbons (Fsp3) is 0.538. The van der Waals surface area contributed by atoms with Crippen molar-refractivity contribution in [3.63, 3.8) is 0 Å². The van der Waals surface area contributed by atoms with E-state index in [2.05, 4.69) is 0 Å². The Balaban J connectivity index is 2.63. The summed E-state index contributed by atoms with van der Waals surface area (Å²) < 4.78 is 13.3. The number of aryl methyl sites for hydroxylation is 3. The molecule has 1 rings (SSSR count). The van der Waals surface area contributed by atoms with Crippen molar-refractivity contribution in [3.8, 4) is 0 Å². The van der Waals surface area contributed by atoms with Crippen molar-refractivity contribution in [1.29, 1.82) is 0 Å². The Morgan fingerprint density at radius 3 is 2.27 bits per heavy atom. The van der Waals surface area contributed by atoms with Crippen LogP contribution in [0.25, 0.3) is 0 Å². The van der Waals surface area contributed by atoms with Gasteiger partial charge in [-0.25, -0.2) is 4.39 Å². The average Bonchev–Trinajstić information content (AvgIpc) is 2.13. The lowest BCUT2D eigenvalue weighted by Crippen LogP contribution is -2.14. The van der Waals surface area contributed by atoms with Crippen LogP contribution in [0.3, 0.4) is 0 Å². The molecule has 0 aliphatic carbocycles. The molecule has 0 radical (unpaired) electrons. The molecule has 0 bridgehead atoms. The molecule has 0 heterocycles. The zero-order chi connectivity index (χ0) is 11.4. The average molecular weight is 209 g/mol. The molecule has 0 aliphatic rings. The molecule has 1 atom stereocenters. The SMILES string of the molecule is Cc1cc(CCCC(C)N)cc(C)c1F. The highest BCUT2D eigenvalue weighted by Gasteiger charge is 2.04. The van der Waals surface area contributed by atoms with Gasteiger partial charge in [0.25, 0.3) is 0 Å². The minimum atomic E-state index is -0.0778. The van der Waals surface area contributed by atoms with E-state index >= 15 is 0 Å². The van der Waals surface area contributed by atoms with Gasteiger partial charge in [0.1, 0.15) is 5.82 Å². The molecular formula is C13H20FN. The first kappa shape index (κ1) is 12.2. The maximum atomic E-state index is 13.3. The van der Waals surface area contributed by atoms with E-state index in [0.29, 0.717) is 0 Å². The molecule has 0 aromatic heterocycles. The highest BCUT2D eigenvalue weighted by atomic mass is 19.1. The molecule has 84 valence electrons. The van der Waals surface area contributed by atoms with Crippen molar-refractivity contribution in [1.82, 2.24) is 0 Å². The first-order chi connectivity index (χ1) is 7.00. The van der Waals surface area contributed by atoms with E-state index in [9.17, 15) is 4.39 Å². The van der Waals surface area contributed by atoms with Crippen LogP contribution in [0.2, 0.25) is 0 Å². The van der Waals surface area contributed by atoms with Gasteiger partial charge in [0, 0.05) is 6.04 Å². The van der Waals surface area contributed by atoms with Gasteiger partial charge in [0.15, 0.2) is 0 Å². The van der Waals surface area contributed by atoms with Crippen LogP contribution < -0.4 is 5.73 Å². The Kier molecular flexibility index (Phi) is 4.28. The Hall–Kier alpha value is -0.890. The second-order valence-electron chi connectivity index (χ2n) is 4.41. The minimum Gasteiger partial charge on any atom is -0.328 e. The van der Waals surface area contributed by atoms with Gasteiger partial charge in [0.05, 0.1) is 0 Å². The minimum absolute atomic E-state index is 0.0778. The number of benzene rings is 1. The largest absolute Gasteiger partial charge is 0.328 e. The predicted octanol–water partition coefficient (Wildman–Crippen LogP) is 3.11. The lowest BCUT2D eigenvalue weighted by molar-refractivity contribution is 0.603. The van der Waals surface area contributed by atoms with Crippen molar-refractivity contribution in [2.75, 3.05) is 0 Å². The normalized spacial score (nSPS) is 12.9. The van der Waals surface area contributed by atoms with Gasteiger partial charge in [0.2, 0.25) is 0 Å². The number of hydrogen-bond donors (Lipinski definition) is 1. The molecule has 0 fully saturated rings. The molecule has 2 N–H and O–H groups in total. The van der Waals surface area contributed by atoms with E-state index in [4.69, 9.17) is 5.73 Å². The van der Waals surface area contributed by atoms with Crippen LogP contribution in [0.15, 0.2) is 12.1 Å². The zero-order valence-corrected chi connectivity index (χ0v) is 9.81. The van der Waals surface area contributed by atoms with Gasteiger partial charge in [-0.2, -0.15) is 0 Å². The molecular weight excluding hydrogens is 189 g/mol. The van der Waals surface area contributed by atoms with Crippen molar-refractivity contribution in [3.05, 3.63) is 34.6 Å². The molecule has 0 saturated carbocycles. The molecule has 1 aromatic rings. The second kappa shape index (κ2) is 5.26. The fourth-order valence-corrected chi connectivity index (χ4v) is 1.81. The molecule has 0 amide bonds. The quantitative estimate of drug-likeness (QED) is 0.810. The number of rotatable bonds is 4. The summed E-state index contributed by atoms with van der Waals surface area (Å²) in [7, 11) is 0. The van der Waals surface area contributed by atoms with E-state index in [1.807, 2.05) is 32.9 Å². The number of hydrogen-bond acceptors (Lipinski definition) is 1. The standard InChI is InChI=1S/C13H20FN/c1-9-7-12(6-4-5-11(3)15)8-10(2)13(9)14/h7-8,11H,4-6,15H2,1-3H3. The van der Waals surface area contributed by atoms with Gasteiger partial charge in [-0.05, 0) is 56.7 Å². The lowest BCUT2D eigenvalue weighted by atomic mass is 10.0. The molecule has 0 saturated heterocycles. The predicted molar refractivity (Wildman–Crippen MR) is 62.5 cm³/mol. The van der Waals surface area contributed by atoms with Crippen LogP contribution in [0.1, 0.15) is 36.5 Å². The monoisotopic (exact) mass is 209 g/mol. The van der Waals surface area contributed by atoms with Crippen molar-refractivity contribution >= 4 is 0 Å². The third-order valence-electron chi connectivity index (χ3n) is 2.62. The van der Waals surface area contributed by atoms with Crippen LogP contribution in [-0.4, -0.2) is 6.04 Å². The Morgan fingerprint density at radius 1 is 1.27 bits per heavy atom. The van der Waals surface area contributed by atoms with E-state index in [1.54, 1.807) is 0 Å². The summed E-state index contributed by atoms with van der Waals surface area (Å²) in [5, 5.41) is 0. The van der Waals surface area contributed by atoms with Crippen LogP contribution in [-0.2, 0) is 6.42 Å². The first-order valence-electron chi connectivity index (χ1n) is 5.52. The van der Waals surface area contributed by atoms with E-state index < -0.39 is 0 Å². The van der Waals surface area contributed by atoms with Crippen molar-refractivity contribution < 1.29 is 4.39 Å². The molecule has 0 aliphatic heterocycles. The Labute approximate surface area is 91.5 Å². The molecule has 1 unspecified atom stereocenters. The smallest absolute Gasteiger partial charge is 0.129 e. The topological polar surface area (TPSA) is 26.0 Å². The molecule has 15 heavy (non-hydrogen) atoms. The summed E-state index contributed by atoms with van der Waals surface area (Å²) in [6.07, 6.45) is 3.08. The second-order valence-corrected chi connectivity index (χ2v) is 4.41. The maximum Gasteiger partial charge on any atom is 0.129 e. The third kappa shape index (κ3) is 3.63. The Morgan fingerprint density at radius 2 is 1.80 bits per heavy atom. The zero-order valence-electron chi connectivity index (χ0n) is 9.81. The van der Waals surface area contributed by atoms with Crippen molar-refractivity contribution in [2.45, 2.75) is 46.1 Å². The molecule has 0 spiro atoms. The Bertz CT molecular complexity index is 308. The van der Waals surface area contributed by atoms with Gasteiger partial charge >= 0.3 is 0 Å². The number of halogens is 1. The summed E-state index contributed by atoms with van der Waals surface area (Å²) in [6.45, 7) is 5.65. The lowest BCUT2D eigenvalue weighted by Gasteiger charge is -2.08. The summed E-state index contributed by atoms with van der Waals surface area (Å²) in [5.41, 5.74) is 8.38. The van der Waals surface area contributed by atoms with E-state index in [0.717, 1.165) is 30.4 Å². The van der Waals surface area contributed by atoms with Crippen LogP contribution in [0, 0.1) is 19.7 Å². The van der Waals surface area contributed by atoms with Gasteiger partial charge < -0.3 is 5.73 Å². The fourth-order valence-electron chi connectivity index (χ4n) is 1.81. The molecule has 1 nitrogen and oxygen atoms in total. The van der Waals surface area contributed by atoms with E-state index in [1.165, 1.54) is 5.56 Å².